The molecule has 0 bridgehead atoms. The molecule has 4 N–H and O–H groups in total. The summed E-state index contributed by atoms with van der Waals surface area (Å²) in [6.07, 6.45) is 2.18. The average Bonchev–Trinajstić information content (AvgIpc) is 2.98. The molecule has 3 rings (SSSR count). The molecule has 1 heterocycles. The van der Waals surface area contributed by atoms with E-state index >= 15 is 0 Å². The summed E-state index contributed by atoms with van der Waals surface area (Å²) < 4.78 is 14.8. The van der Waals surface area contributed by atoms with Gasteiger partial charge in [0.05, 0.1) is 17.6 Å². The second kappa shape index (κ2) is 6.23. The van der Waals surface area contributed by atoms with Crippen molar-refractivity contribution in [3.63, 3.8) is 0 Å². The van der Waals surface area contributed by atoms with Gasteiger partial charge in [-0.2, -0.15) is 0 Å². The van der Waals surface area contributed by atoms with E-state index in [4.69, 9.17) is 5.73 Å². The number of hydrogen-bond acceptors (Lipinski definition) is 5. The predicted molar refractivity (Wildman–Crippen MR) is 99.2 cm³/mol. The van der Waals surface area contributed by atoms with Gasteiger partial charge in [0.15, 0.2) is 5.96 Å². The molecule has 1 fully saturated rings. The highest BCUT2D eigenvalue weighted by Gasteiger charge is 2.53. The number of carbonyl (C=O) groups is 1. The Morgan fingerprint density at radius 3 is 2.65 bits per heavy atom. The van der Waals surface area contributed by atoms with E-state index in [1.54, 1.807) is 40.0 Å². The molecule has 3 atom stereocenters. The molecule has 2 aliphatic rings. The van der Waals surface area contributed by atoms with Crippen LogP contribution in [0, 0.1) is 11.2 Å². The van der Waals surface area contributed by atoms with Crippen molar-refractivity contribution in [2.45, 2.75) is 57.7 Å². The predicted octanol–water partition coefficient (Wildman–Crippen LogP) is 2.18. The molecule has 1 aromatic rings. The number of nitrogens with zero attached hydrogens (tertiary/aromatic N) is 2. The number of rotatable bonds is 3. The van der Waals surface area contributed by atoms with Gasteiger partial charge in [-0.1, -0.05) is 0 Å². The summed E-state index contributed by atoms with van der Waals surface area (Å²) in [6, 6.07) is 4.64. The molecule has 1 aromatic carbocycles. The molecule has 6 nitrogen and oxygen atoms in total. The summed E-state index contributed by atoms with van der Waals surface area (Å²) >= 11 is 0. The van der Waals surface area contributed by atoms with Crippen LogP contribution in [0.25, 0.3) is 0 Å². The van der Waals surface area contributed by atoms with Gasteiger partial charge in [-0.25, -0.2) is 9.38 Å². The standard InChI is InChI=1S/C19H27FN4O2/c1-18(2)16(26)24(4)17(21)23-19(18,3)12-10-11(8-9-13(12)20)22-14-6-5-7-15(14)25/h8-10,14-15,22,25H,5-7H2,1-4H3,(H2,21,23)/t14-,15-,19?/m0/s1. The monoisotopic (exact) mass is 362 g/mol. The maximum absolute atomic E-state index is 14.8. The van der Waals surface area contributed by atoms with Crippen LogP contribution in [-0.2, 0) is 10.3 Å². The number of guanidine groups is 1. The number of halogens is 1. The number of aliphatic imine (C=N–C) groups is 1. The summed E-state index contributed by atoms with van der Waals surface area (Å²) in [7, 11) is 1.57. The molecular formula is C19H27FN4O2. The van der Waals surface area contributed by atoms with Crippen LogP contribution in [0.2, 0.25) is 0 Å². The van der Waals surface area contributed by atoms with Crippen molar-refractivity contribution in [2.24, 2.45) is 16.1 Å². The molecule has 142 valence electrons. The summed E-state index contributed by atoms with van der Waals surface area (Å²) in [5.41, 5.74) is 4.82. The Bertz CT molecular complexity index is 764. The van der Waals surface area contributed by atoms with E-state index in [1.807, 2.05) is 0 Å². The zero-order valence-corrected chi connectivity index (χ0v) is 15.7. The molecule has 0 saturated heterocycles. The van der Waals surface area contributed by atoms with E-state index in [0.29, 0.717) is 11.3 Å². The van der Waals surface area contributed by atoms with Crippen molar-refractivity contribution in [2.75, 3.05) is 12.4 Å². The molecular weight excluding hydrogens is 335 g/mol. The topological polar surface area (TPSA) is 91.0 Å². The number of benzene rings is 1. The van der Waals surface area contributed by atoms with Crippen LogP contribution in [0.1, 0.15) is 45.6 Å². The minimum Gasteiger partial charge on any atom is -0.391 e. The van der Waals surface area contributed by atoms with Crippen LogP contribution in [-0.4, -0.2) is 41.1 Å². The molecule has 1 aliphatic heterocycles. The van der Waals surface area contributed by atoms with E-state index in [2.05, 4.69) is 10.3 Å². The van der Waals surface area contributed by atoms with Gasteiger partial charge < -0.3 is 16.2 Å². The Labute approximate surface area is 153 Å². The van der Waals surface area contributed by atoms with Crippen molar-refractivity contribution in [3.05, 3.63) is 29.6 Å². The van der Waals surface area contributed by atoms with E-state index in [9.17, 15) is 14.3 Å². The third kappa shape index (κ3) is 2.74. The molecule has 1 unspecified atom stereocenters. The van der Waals surface area contributed by atoms with Gasteiger partial charge in [0, 0.05) is 18.3 Å². The number of carbonyl (C=O) groups excluding carboxylic acids is 1. The Morgan fingerprint density at radius 1 is 1.35 bits per heavy atom. The normalized spacial score (nSPS) is 31.1. The fourth-order valence-electron chi connectivity index (χ4n) is 3.88. The first kappa shape index (κ1) is 18.6. The zero-order chi connectivity index (χ0) is 19.3. The Kier molecular flexibility index (Phi) is 4.46. The lowest BCUT2D eigenvalue weighted by Gasteiger charge is -2.46. The average molecular weight is 362 g/mol. The fraction of sp³-hybridized carbons (Fsp3) is 0.579. The highest BCUT2D eigenvalue weighted by Crippen LogP contribution is 2.47. The summed E-state index contributed by atoms with van der Waals surface area (Å²) in [5.74, 6) is -0.579. The van der Waals surface area contributed by atoms with Crippen molar-refractivity contribution in [3.8, 4) is 0 Å². The van der Waals surface area contributed by atoms with E-state index in [0.717, 1.165) is 19.3 Å². The lowest BCUT2D eigenvalue weighted by Crippen LogP contribution is -2.58. The fourth-order valence-corrected chi connectivity index (χ4v) is 3.88. The lowest BCUT2D eigenvalue weighted by molar-refractivity contribution is -0.140. The first-order chi connectivity index (χ1) is 12.1. The van der Waals surface area contributed by atoms with Gasteiger partial charge in [-0.05, 0) is 58.2 Å². The maximum atomic E-state index is 14.8. The van der Waals surface area contributed by atoms with Gasteiger partial charge in [0.1, 0.15) is 11.4 Å². The first-order valence-electron chi connectivity index (χ1n) is 8.96. The maximum Gasteiger partial charge on any atom is 0.237 e. The SMILES string of the molecule is CN1C(=O)C(C)(C)C(C)(c2cc(N[C@H]3CCC[C@@H]3O)ccc2F)N=C1N. The van der Waals surface area contributed by atoms with Crippen molar-refractivity contribution in [1.29, 1.82) is 0 Å². The van der Waals surface area contributed by atoms with Crippen LogP contribution >= 0.6 is 0 Å². The van der Waals surface area contributed by atoms with E-state index in [-0.39, 0.29) is 17.9 Å². The zero-order valence-electron chi connectivity index (χ0n) is 15.7. The highest BCUT2D eigenvalue weighted by atomic mass is 19.1. The molecule has 1 amide bonds. The van der Waals surface area contributed by atoms with Gasteiger partial charge in [-0.15, -0.1) is 0 Å². The third-order valence-corrected chi connectivity index (χ3v) is 6.06. The van der Waals surface area contributed by atoms with Gasteiger partial charge in [0.2, 0.25) is 5.91 Å². The number of nitrogens with one attached hydrogen (secondary N) is 1. The largest absolute Gasteiger partial charge is 0.391 e. The van der Waals surface area contributed by atoms with Crippen LogP contribution < -0.4 is 11.1 Å². The van der Waals surface area contributed by atoms with Gasteiger partial charge in [-0.3, -0.25) is 9.69 Å². The number of amides is 1. The van der Waals surface area contributed by atoms with Gasteiger partial charge in [0.25, 0.3) is 0 Å². The van der Waals surface area contributed by atoms with Crippen LogP contribution in [0.5, 0.6) is 0 Å². The summed E-state index contributed by atoms with van der Waals surface area (Å²) in [6.45, 7) is 5.24. The van der Waals surface area contributed by atoms with Crippen LogP contribution in [0.3, 0.4) is 0 Å². The second-order valence-corrected chi connectivity index (χ2v) is 7.98. The first-order valence-corrected chi connectivity index (χ1v) is 8.96. The quantitative estimate of drug-likeness (QED) is 0.769. The number of hydrogen-bond donors (Lipinski definition) is 3. The molecule has 7 heteroatoms. The molecule has 0 aromatic heterocycles. The molecule has 0 spiro atoms. The minimum absolute atomic E-state index is 0.0539. The molecule has 1 aliphatic carbocycles. The second-order valence-electron chi connectivity index (χ2n) is 7.98. The minimum atomic E-state index is -1.14. The summed E-state index contributed by atoms with van der Waals surface area (Å²) in [5, 5.41) is 13.3. The Morgan fingerprint density at radius 2 is 2.04 bits per heavy atom. The van der Waals surface area contributed by atoms with Crippen LogP contribution in [0.15, 0.2) is 23.2 Å². The van der Waals surface area contributed by atoms with E-state index in [1.165, 1.54) is 11.0 Å². The lowest BCUT2D eigenvalue weighted by atomic mass is 9.67. The van der Waals surface area contributed by atoms with Gasteiger partial charge >= 0.3 is 0 Å². The Hall–Kier alpha value is -2.15. The summed E-state index contributed by atoms with van der Waals surface area (Å²) in [4.78, 5) is 18.6. The molecule has 1 saturated carbocycles. The number of anilines is 1. The van der Waals surface area contributed by atoms with E-state index < -0.39 is 22.9 Å². The highest BCUT2D eigenvalue weighted by molar-refractivity contribution is 6.01. The smallest absolute Gasteiger partial charge is 0.237 e. The van der Waals surface area contributed by atoms with Crippen molar-refractivity contribution >= 4 is 17.6 Å². The Balaban J connectivity index is 2.04. The van der Waals surface area contributed by atoms with Crippen molar-refractivity contribution in [1.82, 2.24) is 4.90 Å². The van der Waals surface area contributed by atoms with Crippen molar-refractivity contribution < 1.29 is 14.3 Å². The molecule has 0 radical (unpaired) electrons. The van der Waals surface area contributed by atoms with Crippen LogP contribution in [0.4, 0.5) is 10.1 Å². The molecule has 26 heavy (non-hydrogen) atoms. The number of aliphatic hydroxyl groups excluding tert-OH is 1. The number of nitrogens with two attached hydrogens (primary N) is 1. The third-order valence-electron chi connectivity index (χ3n) is 6.06. The number of aliphatic hydroxyl groups is 1.